The fourth-order valence-electron chi connectivity index (χ4n) is 4.17. The highest BCUT2D eigenvalue weighted by Gasteiger charge is 2.27. The highest BCUT2D eigenvalue weighted by Crippen LogP contribution is 2.25. The summed E-state index contributed by atoms with van der Waals surface area (Å²) in [6, 6.07) is 5.67. The number of hydrogen-bond acceptors (Lipinski definition) is 11. The van der Waals surface area contributed by atoms with Gasteiger partial charge in [0.05, 0.1) is 26.1 Å². The number of hydrogen-bond donors (Lipinski definition) is 2. The first kappa shape index (κ1) is 24.1. The molecule has 3 aromatic rings. The van der Waals surface area contributed by atoms with E-state index in [-0.39, 0.29) is 17.3 Å². The second kappa shape index (κ2) is 11.0. The number of ether oxygens (including phenoxy) is 2. The highest BCUT2D eigenvalue weighted by atomic mass is 16.6. The topological polar surface area (TPSA) is 159 Å². The predicted molar refractivity (Wildman–Crippen MR) is 127 cm³/mol. The average Bonchev–Trinajstić information content (AvgIpc) is 3.49. The molecule has 0 radical (unpaired) electrons. The van der Waals surface area contributed by atoms with Gasteiger partial charge in [-0.15, -0.1) is 5.10 Å². The van der Waals surface area contributed by atoms with Crippen LogP contribution in [0.1, 0.15) is 53.8 Å². The smallest absolute Gasteiger partial charge is 0.293 e. The molecule has 35 heavy (non-hydrogen) atoms. The summed E-state index contributed by atoms with van der Waals surface area (Å²) in [5.41, 5.74) is 9.63. The van der Waals surface area contributed by atoms with Crippen molar-refractivity contribution in [3.05, 3.63) is 35.2 Å². The maximum Gasteiger partial charge on any atom is 0.293 e. The molecule has 1 saturated carbocycles. The van der Waals surface area contributed by atoms with E-state index in [4.69, 9.17) is 19.8 Å². The number of nitrogens with zero attached hydrogens (tertiary/aromatic N) is 7. The van der Waals surface area contributed by atoms with Crippen molar-refractivity contribution in [1.29, 1.82) is 0 Å². The molecule has 1 aliphatic rings. The Bertz CT molecular complexity index is 1180. The van der Waals surface area contributed by atoms with Crippen molar-refractivity contribution < 1.29 is 18.9 Å². The van der Waals surface area contributed by atoms with Crippen LogP contribution < -0.4 is 20.6 Å². The van der Waals surface area contributed by atoms with Crippen LogP contribution in [0.5, 0.6) is 11.5 Å². The van der Waals surface area contributed by atoms with Crippen LogP contribution in [0.25, 0.3) is 5.82 Å². The number of carbonyl (C=O) groups excluding carboxylic acids is 1. The molecule has 4 rings (SSSR count). The zero-order valence-corrected chi connectivity index (χ0v) is 20.0. The molecule has 186 valence electrons. The minimum Gasteiger partial charge on any atom is -0.497 e. The molecule has 1 aromatic carbocycles. The summed E-state index contributed by atoms with van der Waals surface area (Å²) in [5, 5.41) is 19.7. The third kappa shape index (κ3) is 5.40. The van der Waals surface area contributed by atoms with Crippen molar-refractivity contribution in [3.63, 3.8) is 0 Å². The van der Waals surface area contributed by atoms with Crippen molar-refractivity contribution in [2.24, 2.45) is 5.10 Å². The molecule has 1 aliphatic carbocycles. The molecule has 0 saturated heterocycles. The van der Waals surface area contributed by atoms with Crippen LogP contribution >= 0.6 is 0 Å². The van der Waals surface area contributed by atoms with E-state index in [1.807, 2.05) is 7.05 Å². The van der Waals surface area contributed by atoms with Gasteiger partial charge in [0.2, 0.25) is 11.6 Å². The van der Waals surface area contributed by atoms with E-state index in [1.165, 1.54) is 30.2 Å². The Hall–Kier alpha value is -4.00. The van der Waals surface area contributed by atoms with Crippen molar-refractivity contribution in [3.8, 4) is 17.3 Å². The monoisotopic (exact) mass is 483 g/mol. The first-order chi connectivity index (χ1) is 17.0. The summed E-state index contributed by atoms with van der Waals surface area (Å²) < 4.78 is 16.7. The van der Waals surface area contributed by atoms with Gasteiger partial charge in [-0.3, -0.25) is 9.69 Å². The number of rotatable bonds is 9. The summed E-state index contributed by atoms with van der Waals surface area (Å²) in [5.74, 6) is 0.906. The maximum absolute atomic E-state index is 13.1. The Labute approximate surface area is 202 Å². The summed E-state index contributed by atoms with van der Waals surface area (Å²) >= 11 is 0. The van der Waals surface area contributed by atoms with Crippen molar-refractivity contribution >= 4 is 17.9 Å². The van der Waals surface area contributed by atoms with Crippen LogP contribution in [0, 0.1) is 0 Å². The molecule has 3 N–H and O–H groups in total. The van der Waals surface area contributed by atoms with Crippen LogP contribution in [0.3, 0.4) is 0 Å². The number of aromatic nitrogens is 5. The molecule has 2 heterocycles. The van der Waals surface area contributed by atoms with Gasteiger partial charge < -0.3 is 15.2 Å². The molecule has 0 unspecified atom stereocenters. The van der Waals surface area contributed by atoms with Gasteiger partial charge in [-0.25, -0.2) is 10.1 Å². The lowest BCUT2D eigenvalue weighted by molar-refractivity contribution is 0.0947. The molecular weight excluding hydrogens is 454 g/mol. The number of amides is 1. The van der Waals surface area contributed by atoms with Gasteiger partial charge in [0, 0.05) is 18.2 Å². The van der Waals surface area contributed by atoms with Crippen LogP contribution in [0.2, 0.25) is 0 Å². The maximum atomic E-state index is 13.1. The number of nitrogen functional groups attached to an aromatic ring is 1. The quantitative estimate of drug-likeness (QED) is 0.339. The second-order valence-electron chi connectivity index (χ2n) is 8.28. The highest BCUT2D eigenvalue weighted by molar-refractivity contribution is 5.94. The minimum absolute atomic E-state index is 0.0477. The number of nitrogens with one attached hydrogen (secondary N) is 1. The molecule has 2 aromatic heterocycles. The molecular formula is C22H29N9O4. The van der Waals surface area contributed by atoms with Crippen LogP contribution in [0.4, 0.5) is 5.82 Å². The number of hydrazone groups is 1. The van der Waals surface area contributed by atoms with E-state index >= 15 is 0 Å². The Morgan fingerprint density at radius 1 is 1.29 bits per heavy atom. The lowest BCUT2D eigenvalue weighted by atomic mass is 9.94. The number of benzene rings is 1. The number of methoxy groups -OCH3 is 2. The van der Waals surface area contributed by atoms with Gasteiger partial charge in [-0.05, 0) is 48.4 Å². The first-order valence-electron chi connectivity index (χ1n) is 11.3. The first-order valence-corrected chi connectivity index (χ1v) is 11.3. The van der Waals surface area contributed by atoms with Crippen molar-refractivity contribution in [2.45, 2.75) is 44.7 Å². The van der Waals surface area contributed by atoms with E-state index in [0.717, 1.165) is 12.8 Å². The second-order valence-corrected chi connectivity index (χ2v) is 8.28. The summed E-state index contributed by atoms with van der Waals surface area (Å²) in [4.78, 5) is 15.2. The normalized spacial score (nSPS) is 14.5. The standard InChI is InChI=1S/C22H29N9O4/c1-30(15-7-5-4-6-8-15)13-17-19(25-29-31(17)21-20(23)27-35-28-21)22(32)26-24-12-14-11-16(33-2)9-10-18(14)34-3/h9-12,15H,4-8,13H2,1-3H3,(H2,23,27)(H,26,32). The molecule has 1 amide bonds. The molecule has 0 atom stereocenters. The van der Waals surface area contributed by atoms with Gasteiger partial charge in [-0.1, -0.05) is 24.5 Å². The molecule has 13 nitrogen and oxygen atoms in total. The van der Waals surface area contributed by atoms with Crippen molar-refractivity contribution in [2.75, 3.05) is 27.0 Å². The predicted octanol–water partition coefficient (Wildman–Crippen LogP) is 1.78. The number of carbonyl (C=O) groups is 1. The fourth-order valence-corrected chi connectivity index (χ4v) is 4.17. The largest absolute Gasteiger partial charge is 0.497 e. The van der Waals surface area contributed by atoms with Crippen LogP contribution in [-0.2, 0) is 6.54 Å². The van der Waals surface area contributed by atoms with Gasteiger partial charge >= 0.3 is 0 Å². The summed E-state index contributed by atoms with van der Waals surface area (Å²) in [7, 11) is 5.14. The van der Waals surface area contributed by atoms with E-state index < -0.39 is 5.91 Å². The Balaban J connectivity index is 1.57. The number of anilines is 1. The SMILES string of the molecule is COc1ccc(OC)c(C=NNC(=O)c2nnn(-c3nonc3N)c2CN(C)C2CCCCC2)c1. The lowest BCUT2D eigenvalue weighted by Crippen LogP contribution is -2.34. The van der Waals surface area contributed by atoms with E-state index in [1.54, 1.807) is 32.4 Å². The zero-order chi connectivity index (χ0) is 24.8. The summed E-state index contributed by atoms with van der Waals surface area (Å²) in [6.07, 6.45) is 7.27. The van der Waals surface area contributed by atoms with E-state index in [0.29, 0.717) is 35.3 Å². The Kier molecular flexibility index (Phi) is 7.55. The van der Waals surface area contributed by atoms with E-state index in [9.17, 15) is 4.79 Å². The van der Waals surface area contributed by atoms with Gasteiger partial charge in [0.1, 0.15) is 11.5 Å². The molecule has 0 spiro atoms. The fraction of sp³-hybridized carbons (Fsp3) is 0.455. The minimum atomic E-state index is -0.531. The molecule has 1 fully saturated rings. The third-order valence-corrected chi connectivity index (χ3v) is 6.08. The van der Waals surface area contributed by atoms with Gasteiger partial charge in [0.15, 0.2) is 5.69 Å². The molecule has 0 bridgehead atoms. The number of nitrogens with two attached hydrogens (primary N) is 1. The lowest BCUT2D eigenvalue weighted by Gasteiger charge is -2.31. The van der Waals surface area contributed by atoms with E-state index in [2.05, 4.69) is 36.1 Å². The van der Waals surface area contributed by atoms with Crippen LogP contribution in [-0.4, -0.2) is 69.6 Å². The van der Waals surface area contributed by atoms with Crippen LogP contribution in [0.15, 0.2) is 27.9 Å². The molecule has 13 heteroatoms. The molecule has 0 aliphatic heterocycles. The van der Waals surface area contributed by atoms with Gasteiger partial charge in [-0.2, -0.15) is 9.78 Å². The Morgan fingerprint density at radius 2 is 2.09 bits per heavy atom. The Morgan fingerprint density at radius 3 is 2.77 bits per heavy atom. The third-order valence-electron chi connectivity index (χ3n) is 6.08. The zero-order valence-electron chi connectivity index (χ0n) is 20.0. The van der Waals surface area contributed by atoms with Crippen molar-refractivity contribution in [1.82, 2.24) is 35.6 Å². The average molecular weight is 484 g/mol. The van der Waals surface area contributed by atoms with Gasteiger partial charge in [0.25, 0.3) is 5.91 Å². The summed E-state index contributed by atoms with van der Waals surface area (Å²) in [6.45, 7) is 0.403.